The van der Waals surface area contributed by atoms with Gasteiger partial charge in [-0.05, 0) is 47.4 Å². The molecule has 0 spiro atoms. The van der Waals surface area contributed by atoms with E-state index in [1.54, 1.807) is 24.3 Å². The maximum absolute atomic E-state index is 11.8. The number of aliphatic hydroxyl groups is 1. The van der Waals surface area contributed by atoms with Crippen molar-refractivity contribution in [2.24, 2.45) is 0 Å². The Morgan fingerprint density at radius 3 is 2.06 bits per heavy atom. The molecular weight excluding hydrogens is 476 g/mol. The number of sulfonamides is 1. The van der Waals surface area contributed by atoms with Crippen LogP contribution < -0.4 is 10.0 Å². The van der Waals surface area contributed by atoms with Crippen LogP contribution in [0.1, 0.15) is 28.8 Å². The normalized spacial score (nSPS) is 13.9. The molecule has 0 heterocycles. The molecule has 10 heteroatoms. The van der Waals surface area contributed by atoms with Gasteiger partial charge in [-0.25, -0.2) is 16.8 Å². The standard InChI is InChI=1S/C24H28N2O6S2/c1-33(29,30)20-11-8-18(9-12-20)21(14-17-6-4-3-5-7-17)25-16-24(28)19-10-13-23(27)22(15-19)26-34(2,31)32/h3-13,15,21,24-28H,14,16H2,1-2H3/t21-,24+/m1/s1. The lowest BCUT2D eigenvalue weighted by Crippen LogP contribution is -2.28. The van der Waals surface area contributed by atoms with Gasteiger partial charge in [0.2, 0.25) is 10.0 Å². The molecule has 0 aliphatic rings. The summed E-state index contributed by atoms with van der Waals surface area (Å²) in [6, 6.07) is 20.4. The monoisotopic (exact) mass is 504 g/mol. The van der Waals surface area contributed by atoms with E-state index in [1.807, 2.05) is 30.3 Å². The summed E-state index contributed by atoms with van der Waals surface area (Å²) in [4.78, 5) is 0.227. The highest BCUT2D eigenvalue weighted by Crippen LogP contribution is 2.28. The molecule has 0 saturated heterocycles. The second kappa shape index (κ2) is 10.6. The van der Waals surface area contributed by atoms with Gasteiger partial charge in [-0.1, -0.05) is 48.5 Å². The third-order valence-electron chi connectivity index (χ3n) is 5.25. The number of benzene rings is 3. The molecule has 0 fully saturated rings. The molecule has 0 amide bonds. The van der Waals surface area contributed by atoms with Gasteiger partial charge in [-0.3, -0.25) is 4.72 Å². The van der Waals surface area contributed by atoms with Crippen molar-refractivity contribution in [2.75, 3.05) is 23.8 Å². The van der Waals surface area contributed by atoms with Crippen LogP contribution in [0.5, 0.6) is 5.75 Å². The maximum atomic E-state index is 11.8. The van der Waals surface area contributed by atoms with E-state index in [9.17, 15) is 27.0 Å². The molecular formula is C24H28N2O6S2. The van der Waals surface area contributed by atoms with E-state index < -0.39 is 26.0 Å². The minimum atomic E-state index is -3.60. The van der Waals surface area contributed by atoms with E-state index in [2.05, 4.69) is 10.0 Å². The Morgan fingerprint density at radius 1 is 0.853 bits per heavy atom. The zero-order chi connectivity index (χ0) is 24.9. The first-order chi connectivity index (χ1) is 15.9. The van der Waals surface area contributed by atoms with Gasteiger partial charge < -0.3 is 15.5 Å². The molecule has 4 N–H and O–H groups in total. The number of aliphatic hydroxyl groups excluding tert-OH is 1. The molecule has 2 atom stereocenters. The molecule has 0 aromatic heterocycles. The first-order valence-electron chi connectivity index (χ1n) is 10.5. The summed E-state index contributed by atoms with van der Waals surface area (Å²) in [5.74, 6) is -0.248. The number of aromatic hydroxyl groups is 1. The Balaban J connectivity index is 1.81. The van der Waals surface area contributed by atoms with Crippen LogP contribution in [0.3, 0.4) is 0 Å². The summed E-state index contributed by atoms with van der Waals surface area (Å²) >= 11 is 0. The summed E-state index contributed by atoms with van der Waals surface area (Å²) in [7, 11) is -6.92. The average Bonchev–Trinajstić information content (AvgIpc) is 2.77. The average molecular weight is 505 g/mol. The molecule has 3 aromatic carbocycles. The van der Waals surface area contributed by atoms with E-state index in [-0.39, 0.29) is 28.9 Å². The van der Waals surface area contributed by atoms with Gasteiger partial charge >= 0.3 is 0 Å². The van der Waals surface area contributed by atoms with Gasteiger partial charge in [-0.15, -0.1) is 0 Å². The van der Waals surface area contributed by atoms with E-state index in [4.69, 9.17) is 0 Å². The fraction of sp³-hybridized carbons (Fsp3) is 0.250. The molecule has 0 unspecified atom stereocenters. The van der Waals surface area contributed by atoms with Crippen LogP contribution in [0.25, 0.3) is 0 Å². The van der Waals surface area contributed by atoms with Crippen LogP contribution in [-0.4, -0.2) is 46.1 Å². The summed E-state index contributed by atoms with van der Waals surface area (Å²) < 4.78 is 48.9. The Labute approximate surface area is 200 Å². The highest BCUT2D eigenvalue weighted by molar-refractivity contribution is 7.92. The SMILES string of the molecule is CS(=O)(=O)Nc1cc([C@@H](O)CN[C@H](Cc2ccccc2)c2ccc(S(C)(=O)=O)cc2)ccc1O. The second-order valence-corrected chi connectivity index (χ2v) is 11.9. The van der Waals surface area contributed by atoms with E-state index in [0.29, 0.717) is 12.0 Å². The van der Waals surface area contributed by atoms with Crippen molar-refractivity contribution in [3.05, 3.63) is 89.5 Å². The second-order valence-electron chi connectivity index (χ2n) is 8.16. The summed E-state index contributed by atoms with van der Waals surface area (Å²) in [6.45, 7) is 0.133. The molecule has 0 radical (unpaired) electrons. The number of rotatable bonds is 10. The summed E-state index contributed by atoms with van der Waals surface area (Å²) in [5, 5.41) is 24.0. The Bertz CT molecular complexity index is 1330. The van der Waals surface area contributed by atoms with Crippen LogP contribution in [0, 0.1) is 0 Å². The fourth-order valence-electron chi connectivity index (χ4n) is 3.52. The number of hydrogen-bond donors (Lipinski definition) is 4. The number of phenolic OH excluding ortho intramolecular Hbond substituents is 1. The number of anilines is 1. The molecule has 8 nitrogen and oxygen atoms in total. The topological polar surface area (TPSA) is 133 Å². The van der Waals surface area contributed by atoms with Crippen molar-refractivity contribution in [1.29, 1.82) is 0 Å². The highest BCUT2D eigenvalue weighted by Gasteiger charge is 2.18. The van der Waals surface area contributed by atoms with Crippen LogP contribution in [-0.2, 0) is 26.3 Å². The third-order valence-corrected chi connectivity index (χ3v) is 6.97. The summed E-state index contributed by atoms with van der Waals surface area (Å²) in [5.41, 5.74) is 2.32. The number of hydrogen-bond acceptors (Lipinski definition) is 7. The maximum Gasteiger partial charge on any atom is 0.229 e. The molecule has 182 valence electrons. The minimum absolute atomic E-state index is 0.0174. The Morgan fingerprint density at radius 2 is 1.47 bits per heavy atom. The molecule has 3 aromatic rings. The van der Waals surface area contributed by atoms with E-state index in [1.165, 1.54) is 18.2 Å². The van der Waals surface area contributed by atoms with Crippen molar-refractivity contribution < 1.29 is 27.0 Å². The van der Waals surface area contributed by atoms with Gasteiger partial charge in [0.15, 0.2) is 9.84 Å². The van der Waals surface area contributed by atoms with Crippen molar-refractivity contribution in [3.8, 4) is 5.75 Å². The van der Waals surface area contributed by atoms with Crippen molar-refractivity contribution >= 4 is 25.5 Å². The molecule has 0 bridgehead atoms. The first-order valence-corrected chi connectivity index (χ1v) is 14.3. The molecule has 0 aliphatic carbocycles. The molecule has 0 saturated carbocycles. The third kappa shape index (κ3) is 7.29. The molecule has 0 aliphatic heterocycles. The Kier molecular flexibility index (Phi) is 7.98. The zero-order valence-corrected chi connectivity index (χ0v) is 20.5. The lowest BCUT2D eigenvalue weighted by Gasteiger charge is -2.22. The van der Waals surface area contributed by atoms with Gasteiger partial charge in [0.1, 0.15) is 5.75 Å². The first kappa shape index (κ1) is 25.7. The van der Waals surface area contributed by atoms with Crippen LogP contribution in [0.15, 0.2) is 77.7 Å². The number of nitrogens with one attached hydrogen (secondary N) is 2. The van der Waals surface area contributed by atoms with Crippen molar-refractivity contribution in [2.45, 2.75) is 23.5 Å². The van der Waals surface area contributed by atoms with Crippen LogP contribution in [0.4, 0.5) is 5.69 Å². The van der Waals surface area contributed by atoms with Crippen molar-refractivity contribution in [3.63, 3.8) is 0 Å². The zero-order valence-electron chi connectivity index (χ0n) is 18.8. The minimum Gasteiger partial charge on any atom is -0.506 e. The summed E-state index contributed by atoms with van der Waals surface area (Å²) in [6.07, 6.45) is 1.74. The van der Waals surface area contributed by atoms with E-state index in [0.717, 1.165) is 23.6 Å². The predicted molar refractivity (Wildman–Crippen MR) is 132 cm³/mol. The van der Waals surface area contributed by atoms with Crippen molar-refractivity contribution in [1.82, 2.24) is 5.32 Å². The van der Waals surface area contributed by atoms with Gasteiger partial charge in [-0.2, -0.15) is 0 Å². The van der Waals surface area contributed by atoms with Gasteiger partial charge in [0, 0.05) is 18.8 Å². The lowest BCUT2D eigenvalue weighted by atomic mass is 9.98. The van der Waals surface area contributed by atoms with Gasteiger partial charge in [0.25, 0.3) is 0 Å². The van der Waals surface area contributed by atoms with Crippen LogP contribution >= 0.6 is 0 Å². The molecule has 34 heavy (non-hydrogen) atoms. The highest BCUT2D eigenvalue weighted by atomic mass is 32.2. The number of sulfone groups is 1. The molecule has 3 rings (SSSR count). The van der Waals surface area contributed by atoms with Gasteiger partial charge in [0.05, 0.1) is 22.9 Å². The Hall–Kier alpha value is -2.92. The number of phenols is 1. The fourth-order valence-corrected chi connectivity index (χ4v) is 4.71. The van der Waals surface area contributed by atoms with E-state index >= 15 is 0 Å². The lowest BCUT2D eigenvalue weighted by molar-refractivity contribution is 0.169. The smallest absolute Gasteiger partial charge is 0.229 e. The largest absolute Gasteiger partial charge is 0.506 e. The van der Waals surface area contributed by atoms with Crippen LogP contribution in [0.2, 0.25) is 0 Å². The predicted octanol–water partition coefficient (Wildman–Crippen LogP) is 2.77. The quantitative estimate of drug-likeness (QED) is 0.312.